The van der Waals surface area contributed by atoms with Gasteiger partial charge in [0.2, 0.25) is 5.91 Å². The summed E-state index contributed by atoms with van der Waals surface area (Å²) < 4.78 is 28.4. The monoisotopic (exact) mass is 490 g/mol. The van der Waals surface area contributed by atoms with Crippen molar-refractivity contribution >= 4 is 33.2 Å². The minimum atomic E-state index is -2.94. The molecule has 2 aromatic heterocycles. The quantitative estimate of drug-likeness (QED) is 0.496. The number of anilines is 1. The predicted molar refractivity (Wildman–Crippen MR) is 127 cm³/mol. The molecule has 0 saturated carbocycles. The van der Waals surface area contributed by atoms with Gasteiger partial charge in [0.25, 0.3) is 5.56 Å². The van der Waals surface area contributed by atoms with Crippen LogP contribution < -0.4 is 10.9 Å². The molecule has 1 aromatic carbocycles. The van der Waals surface area contributed by atoms with E-state index in [4.69, 9.17) is 0 Å². The molecule has 12 heteroatoms. The van der Waals surface area contributed by atoms with Crippen molar-refractivity contribution in [2.75, 3.05) is 22.6 Å². The van der Waals surface area contributed by atoms with Gasteiger partial charge in [0.15, 0.2) is 15.0 Å². The summed E-state index contributed by atoms with van der Waals surface area (Å²) in [6.45, 7) is 1.78. The van der Waals surface area contributed by atoms with E-state index in [0.717, 1.165) is 0 Å². The van der Waals surface area contributed by atoms with E-state index in [1.807, 2.05) is 30.3 Å². The lowest BCUT2D eigenvalue weighted by atomic mass is 10.1. The number of hydrogen-bond acceptors (Lipinski definition) is 7. The first-order chi connectivity index (χ1) is 15.7. The number of amides is 1. The maximum Gasteiger partial charge on any atom is 0.295 e. The van der Waals surface area contributed by atoms with Crippen LogP contribution in [-0.4, -0.2) is 55.7 Å². The molecule has 1 aliphatic heterocycles. The first-order valence-electron chi connectivity index (χ1n) is 10.5. The van der Waals surface area contributed by atoms with Crippen LogP contribution in [0.15, 0.2) is 40.3 Å². The highest BCUT2D eigenvalue weighted by Gasteiger charge is 2.29. The molecule has 1 atom stereocenters. The molecule has 0 spiro atoms. The SMILES string of the molecule is Cc1c(NC(=O)CSc2nnc(CC3CCS(=O)(=O)C3)n2C)c(=O)n(-c2ccccc2)n1C. The second kappa shape index (κ2) is 9.18. The Labute approximate surface area is 195 Å². The van der Waals surface area contributed by atoms with Gasteiger partial charge in [0.1, 0.15) is 11.5 Å². The summed E-state index contributed by atoms with van der Waals surface area (Å²) in [4.78, 5) is 25.5. The predicted octanol–water partition coefficient (Wildman–Crippen LogP) is 1.32. The summed E-state index contributed by atoms with van der Waals surface area (Å²) in [5.41, 5.74) is 1.30. The van der Waals surface area contributed by atoms with Crippen molar-refractivity contribution < 1.29 is 13.2 Å². The minimum Gasteiger partial charge on any atom is -0.319 e. The Kier molecular flexibility index (Phi) is 6.48. The normalized spacial score (nSPS) is 17.4. The molecule has 4 rings (SSSR count). The number of aromatic nitrogens is 5. The van der Waals surface area contributed by atoms with Crippen LogP contribution in [0.5, 0.6) is 0 Å². The first kappa shape index (κ1) is 23.3. The van der Waals surface area contributed by atoms with E-state index in [0.29, 0.717) is 35.2 Å². The third kappa shape index (κ3) is 4.91. The van der Waals surface area contributed by atoms with Gasteiger partial charge in [-0.2, -0.15) is 0 Å². The molecule has 0 aliphatic carbocycles. The molecule has 1 amide bonds. The summed E-state index contributed by atoms with van der Waals surface area (Å²) in [5.74, 6) is 0.890. The highest BCUT2D eigenvalue weighted by Crippen LogP contribution is 2.24. The van der Waals surface area contributed by atoms with Gasteiger partial charge in [-0.1, -0.05) is 30.0 Å². The molecule has 1 N–H and O–H groups in total. The van der Waals surface area contributed by atoms with E-state index >= 15 is 0 Å². The first-order valence-corrected chi connectivity index (χ1v) is 13.3. The third-order valence-electron chi connectivity index (χ3n) is 5.87. The summed E-state index contributed by atoms with van der Waals surface area (Å²) in [5, 5.41) is 11.6. The van der Waals surface area contributed by atoms with Gasteiger partial charge in [0.05, 0.1) is 28.6 Å². The minimum absolute atomic E-state index is 0.0480. The second-order valence-corrected chi connectivity index (χ2v) is 11.4. The van der Waals surface area contributed by atoms with Crippen LogP contribution in [0.1, 0.15) is 17.9 Å². The fraction of sp³-hybridized carbons (Fsp3) is 0.429. The van der Waals surface area contributed by atoms with Gasteiger partial charge in [-0.25, -0.2) is 13.1 Å². The van der Waals surface area contributed by atoms with Crippen molar-refractivity contribution in [3.05, 3.63) is 52.2 Å². The summed E-state index contributed by atoms with van der Waals surface area (Å²) in [6, 6.07) is 9.22. The third-order valence-corrected chi connectivity index (χ3v) is 8.73. The zero-order chi connectivity index (χ0) is 23.8. The van der Waals surface area contributed by atoms with E-state index in [2.05, 4.69) is 15.5 Å². The maximum absolute atomic E-state index is 12.9. The van der Waals surface area contributed by atoms with E-state index in [1.54, 1.807) is 30.3 Å². The van der Waals surface area contributed by atoms with Crippen LogP contribution in [0, 0.1) is 12.8 Å². The number of para-hydroxylation sites is 1. The second-order valence-electron chi connectivity index (χ2n) is 8.20. The Morgan fingerprint density at radius 3 is 2.61 bits per heavy atom. The molecule has 1 aliphatic rings. The summed E-state index contributed by atoms with van der Waals surface area (Å²) in [7, 11) is 0.629. The number of rotatable bonds is 7. The van der Waals surface area contributed by atoms with Crippen LogP contribution >= 0.6 is 11.8 Å². The van der Waals surface area contributed by atoms with Crippen molar-refractivity contribution in [2.45, 2.75) is 24.9 Å². The number of sulfone groups is 1. The lowest BCUT2D eigenvalue weighted by Crippen LogP contribution is -2.23. The molecule has 1 unspecified atom stereocenters. The van der Waals surface area contributed by atoms with E-state index < -0.39 is 9.84 Å². The van der Waals surface area contributed by atoms with Crippen molar-refractivity contribution in [3.8, 4) is 5.69 Å². The van der Waals surface area contributed by atoms with Gasteiger partial charge in [-0.15, -0.1) is 10.2 Å². The summed E-state index contributed by atoms with van der Waals surface area (Å²) in [6.07, 6.45) is 1.18. The van der Waals surface area contributed by atoms with E-state index in [9.17, 15) is 18.0 Å². The van der Waals surface area contributed by atoms with Gasteiger partial charge >= 0.3 is 0 Å². The van der Waals surface area contributed by atoms with Gasteiger partial charge < -0.3 is 9.88 Å². The Bertz CT molecular complexity index is 1340. The van der Waals surface area contributed by atoms with Crippen LogP contribution in [0.3, 0.4) is 0 Å². The lowest BCUT2D eigenvalue weighted by Gasteiger charge is -2.08. The maximum atomic E-state index is 12.9. The van der Waals surface area contributed by atoms with Crippen LogP contribution in [0.4, 0.5) is 5.69 Å². The number of nitrogens with one attached hydrogen (secondary N) is 1. The molecule has 1 fully saturated rings. The average Bonchev–Trinajstić information content (AvgIpc) is 3.37. The standard InChI is InChI=1S/C21H26N6O4S2/c1-14-19(20(29)27(26(14)3)16-7-5-4-6-8-16)22-18(28)12-32-21-24-23-17(25(21)2)11-15-9-10-33(30,31)13-15/h4-8,15H,9-13H2,1-3H3,(H,22,28). The Morgan fingerprint density at radius 1 is 1.21 bits per heavy atom. The number of benzene rings is 1. The highest BCUT2D eigenvalue weighted by molar-refractivity contribution is 7.99. The van der Waals surface area contributed by atoms with Crippen molar-refractivity contribution in [3.63, 3.8) is 0 Å². The Balaban J connectivity index is 1.41. The fourth-order valence-corrected chi connectivity index (χ4v) is 6.55. The number of hydrogen-bond donors (Lipinski definition) is 1. The van der Waals surface area contributed by atoms with Crippen molar-refractivity contribution in [1.82, 2.24) is 24.1 Å². The van der Waals surface area contributed by atoms with E-state index in [1.165, 1.54) is 16.4 Å². The molecular formula is C21H26N6O4S2. The zero-order valence-corrected chi connectivity index (χ0v) is 20.3. The average molecular weight is 491 g/mol. The highest BCUT2D eigenvalue weighted by atomic mass is 32.2. The van der Waals surface area contributed by atoms with Crippen LogP contribution in [0.2, 0.25) is 0 Å². The van der Waals surface area contributed by atoms with Crippen molar-refractivity contribution in [1.29, 1.82) is 0 Å². The van der Waals surface area contributed by atoms with Gasteiger partial charge in [-0.3, -0.25) is 14.3 Å². The Hall–Kier alpha value is -2.86. The lowest BCUT2D eigenvalue weighted by molar-refractivity contribution is -0.113. The van der Waals surface area contributed by atoms with Crippen LogP contribution in [0.25, 0.3) is 5.69 Å². The summed E-state index contributed by atoms with van der Waals surface area (Å²) >= 11 is 1.22. The molecule has 3 aromatic rings. The molecular weight excluding hydrogens is 464 g/mol. The fourth-order valence-electron chi connectivity index (χ4n) is 3.96. The smallest absolute Gasteiger partial charge is 0.295 e. The van der Waals surface area contributed by atoms with Gasteiger partial charge in [-0.05, 0) is 31.4 Å². The Morgan fingerprint density at radius 2 is 1.94 bits per heavy atom. The number of carbonyl (C=O) groups excluding carboxylic acids is 1. The van der Waals surface area contributed by atoms with Gasteiger partial charge in [0, 0.05) is 20.5 Å². The molecule has 176 valence electrons. The number of thioether (sulfide) groups is 1. The van der Waals surface area contributed by atoms with Crippen molar-refractivity contribution in [2.24, 2.45) is 20.0 Å². The van der Waals surface area contributed by atoms with E-state index in [-0.39, 0.29) is 40.3 Å². The largest absolute Gasteiger partial charge is 0.319 e. The van der Waals surface area contributed by atoms with Crippen LogP contribution in [-0.2, 0) is 35.1 Å². The molecule has 10 nitrogen and oxygen atoms in total. The molecule has 0 bridgehead atoms. The number of carbonyl (C=O) groups is 1. The zero-order valence-electron chi connectivity index (χ0n) is 18.7. The molecule has 3 heterocycles. The number of nitrogens with zero attached hydrogens (tertiary/aromatic N) is 5. The molecule has 0 radical (unpaired) electrons. The molecule has 1 saturated heterocycles. The molecule has 33 heavy (non-hydrogen) atoms. The topological polar surface area (TPSA) is 121 Å².